The third kappa shape index (κ3) is 3.96. The quantitative estimate of drug-likeness (QED) is 0.840. The number of aliphatic hydroxyl groups is 1. The molecule has 0 spiro atoms. The highest BCUT2D eigenvalue weighted by molar-refractivity contribution is 8.00. The molecular formula is C17H24N2O2S. The first kappa shape index (κ1) is 15.7. The number of carbonyl (C=O) groups excluding carboxylic acids is 1. The molecule has 0 aromatic heterocycles. The molecule has 22 heavy (non-hydrogen) atoms. The zero-order valence-electron chi connectivity index (χ0n) is 12.8. The van der Waals surface area contributed by atoms with Gasteiger partial charge in [0, 0.05) is 22.7 Å². The Labute approximate surface area is 136 Å². The van der Waals surface area contributed by atoms with Crippen molar-refractivity contribution < 1.29 is 9.90 Å². The predicted octanol–water partition coefficient (Wildman–Crippen LogP) is 3.71. The zero-order valence-corrected chi connectivity index (χ0v) is 13.6. The van der Waals surface area contributed by atoms with Crippen molar-refractivity contribution in [3.05, 3.63) is 24.3 Å². The number of nitrogens with one attached hydrogen (secondary N) is 1. The van der Waals surface area contributed by atoms with Gasteiger partial charge in [0.1, 0.15) is 0 Å². The van der Waals surface area contributed by atoms with Crippen LogP contribution in [0.2, 0.25) is 0 Å². The van der Waals surface area contributed by atoms with E-state index in [-0.39, 0.29) is 12.6 Å². The number of para-hydroxylation sites is 1. The van der Waals surface area contributed by atoms with Gasteiger partial charge < -0.3 is 15.3 Å². The lowest BCUT2D eigenvalue weighted by Gasteiger charge is -2.23. The van der Waals surface area contributed by atoms with Crippen molar-refractivity contribution in [2.24, 2.45) is 0 Å². The molecule has 2 aliphatic rings. The molecule has 2 fully saturated rings. The molecule has 3 rings (SSSR count). The molecule has 0 heterocycles. The number of aliphatic hydroxyl groups excluding tert-OH is 1. The van der Waals surface area contributed by atoms with Gasteiger partial charge in [-0.3, -0.25) is 0 Å². The zero-order chi connectivity index (χ0) is 15.4. The monoisotopic (exact) mass is 320 g/mol. The van der Waals surface area contributed by atoms with Crippen molar-refractivity contribution in [3.63, 3.8) is 0 Å². The van der Waals surface area contributed by atoms with Crippen molar-refractivity contribution >= 4 is 23.5 Å². The van der Waals surface area contributed by atoms with Crippen LogP contribution in [0.3, 0.4) is 0 Å². The molecule has 2 saturated carbocycles. The normalized spacial score (nSPS) is 18.4. The van der Waals surface area contributed by atoms with Crippen molar-refractivity contribution in [1.29, 1.82) is 0 Å². The van der Waals surface area contributed by atoms with Crippen molar-refractivity contribution in [2.45, 2.75) is 54.7 Å². The Morgan fingerprint density at radius 2 is 1.95 bits per heavy atom. The van der Waals surface area contributed by atoms with E-state index in [0.717, 1.165) is 23.4 Å². The molecule has 2 N–H and O–H groups in total. The molecule has 1 aromatic carbocycles. The number of thioether (sulfide) groups is 1. The van der Waals surface area contributed by atoms with E-state index < -0.39 is 0 Å². The van der Waals surface area contributed by atoms with Crippen LogP contribution < -0.4 is 5.32 Å². The first-order chi connectivity index (χ1) is 10.8. The number of anilines is 1. The Morgan fingerprint density at radius 1 is 1.23 bits per heavy atom. The van der Waals surface area contributed by atoms with Crippen molar-refractivity contribution in [1.82, 2.24) is 4.90 Å². The maximum atomic E-state index is 12.5. The van der Waals surface area contributed by atoms with E-state index in [1.807, 2.05) is 30.0 Å². The fourth-order valence-corrected chi connectivity index (χ4v) is 4.32. The highest BCUT2D eigenvalue weighted by Gasteiger charge is 2.32. The summed E-state index contributed by atoms with van der Waals surface area (Å²) in [6.45, 7) is 0.427. The topological polar surface area (TPSA) is 52.6 Å². The second kappa shape index (κ2) is 7.38. The fourth-order valence-electron chi connectivity index (χ4n) is 2.99. The lowest BCUT2D eigenvalue weighted by Crippen LogP contribution is -2.38. The van der Waals surface area contributed by atoms with E-state index in [9.17, 15) is 4.79 Å². The van der Waals surface area contributed by atoms with Gasteiger partial charge in [0.05, 0.1) is 12.3 Å². The number of urea groups is 1. The molecule has 0 aliphatic heterocycles. The average molecular weight is 320 g/mol. The summed E-state index contributed by atoms with van der Waals surface area (Å²) in [5.74, 6) is 0. The van der Waals surface area contributed by atoms with E-state index >= 15 is 0 Å². The van der Waals surface area contributed by atoms with Crippen LogP contribution in [0.5, 0.6) is 0 Å². The smallest absolute Gasteiger partial charge is 0.322 e. The highest BCUT2D eigenvalue weighted by Crippen LogP contribution is 2.38. The average Bonchev–Trinajstić information content (AvgIpc) is 3.23. The lowest BCUT2D eigenvalue weighted by molar-refractivity contribution is 0.185. The number of hydrogen-bond donors (Lipinski definition) is 2. The first-order valence-corrected chi connectivity index (χ1v) is 9.10. The van der Waals surface area contributed by atoms with Crippen LogP contribution in [0.4, 0.5) is 10.5 Å². The van der Waals surface area contributed by atoms with Gasteiger partial charge in [-0.25, -0.2) is 4.79 Å². The van der Waals surface area contributed by atoms with Gasteiger partial charge in [0.25, 0.3) is 0 Å². The van der Waals surface area contributed by atoms with Crippen LogP contribution in [0, 0.1) is 0 Å². The Balaban J connectivity index is 1.66. The summed E-state index contributed by atoms with van der Waals surface area (Å²) in [4.78, 5) is 15.4. The molecule has 0 radical (unpaired) electrons. The van der Waals surface area contributed by atoms with Crippen LogP contribution in [0.1, 0.15) is 38.5 Å². The molecule has 0 unspecified atom stereocenters. The standard InChI is InChI=1S/C17H24N2O2S/c20-12-11-19(13-9-10-13)17(21)18-15-7-3-4-8-16(15)22-14-5-1-2-6-14/h3-4,7-8,13-14,20H,1-2,5-6,9-12H2,(H,18,21). The second-order valence-corrected chi connectivity index (χ2v) is 7.44. The van der Waals surface area contributed by atoms with Crippen LogP contribution in [-0.4, -0.2) is 40.5 Å². The third-order valence-electron chi connectivity index (χ3n) is 4.31. The molecule has 2 aliphatic carbocycles. The van der Waals surface area contributed by atoms with Crippen molar-refractivity contribution in [2.75, 3.05) is 18.5 Å². The summed E-state index contributed by atoms with van der Waals surface area (Å²) in [7, 11) is 0. The lowest BCUT2D eigenvalue weighted by atomic mass is 10.3. The molecule has 0 bridgehead atoms. The van der Waals surface area contributed by atoms with Crippen molar-refractivity contribution in [3.8, 4) is 0 Å². The summed E-state index contributed by atoms with van der Waals surface area (Å²) in [5.41, 5.74) is 0.896. The van der Waals surface area contributed by atoms with Crippen LogP contribution >= 0.6 is 11.8 Å². The Hall–Kier alpha value is -1.20. The minimum Gasteiger partial charge on any atom is -0.395 e. The summed E-state index contributed by atoms with van der Waals surface area (Å²) in [6, 6.07) is 8.27. The number of hydrogen-bond acceptors (Lipinski definition) is 3. The SMILES string of the molecule is O=C(Nc1ccccc1SC1CCCC1)N(CCO)C1CC1. The molecule has 2 amide bonds. The Kier molecular flexibility index (Phi) is 5.26. The molecular weight excluding hydrogens is 296 g/mol. The summed E-state index contributed by atoms with van der Waals surface area (Å²) in [6.07, 6.45) is 7.27. The van der Waals surface area contributed by atoms with Gasteiger partial charge in [0.2, 0.25) is 0 Å². The molecule has 0 saturated heterocycles. The number of nitrogens with zero attached hydrogens (tertiary/aromatic N) is 1. The molecule has 5 heteroatoms. The van der Waals surface area contributed by atoms with Gasteiger partial charge in [-0.2, -0.15) is 0 Å². The minimum absolute atomic E-state index is 0.0163. The third-order valence-corrected chi connectivity index (χ3v) is 5.73. The second-order valence-electron chi connectivity index (χ2n) is 6.10. The first-order valence-electron chi connectivity index (χ1n) is 8.22. The number of rotatable bonds is 6. The maximum Gasteiger partial charge on any atom is 0.322 e. The van der Waals surface area contributed by atoms with E-state index in [4.69, 9.17) is 5.11 Å². The molecule has 1 aromatic rings. The van der Waals surface area contributed by atoms with E-state index in [1.165, 1.54) is 25.7 Å². The van der Waals surface area contributed by atoms with Crippen LogP contribution in [-0.2, 0) is 0 Å². The van der Waals surface area contributed by atoms with Gasteiger partial charge in [0.15, 0.2) is 0 Å². The fraction of sp³-hybridized carbons (Fsp3) is 0.588. The van der Waals surface area contributed by atoms with Gasteiger partial charge in [-0.15, -0.1) is 11.8 Å². The maximum absolute atomic E-state index is 12.5. The summed E-state index contributed by atoms with van der Waals surface area (Å²) < 4.78 is 0. The number of amides is 2. The van der Waals surface area contributed by atoms with E-state index in [2.05, 4.69) is 11.4 Å². The summed E-state index contributed by atoms with van der Waals surface area (Å²) >= 11 is 1.89. The minimum atomic E-state index is -0.0870. The van der Waals surface area contributed by atoms with Gasteiger partial charge >= 0.3 is 6.03 Å². The predicted molar refractivity (Wildman–Crippen MR) is 90.4 cm³/mol. The van der Waals surface area contributed by atoms with Crippen LogP contribution in [0.25, 0.3) is 0 Å². The Bertz CT molecular complexity index is 513. The number of benzene rings is 1. The Morgan fingerprint density at radius 3 is 2.64 bits per heavy atom. The molecule has 120 valence electrons. The highest BCUT2D eigenvalue weighted by atomic mass is 32.2. The van der Waals surface area contributed by atoms with E-state index in [1.54, 1.807) is 4.90 Å². The van der Waals surface area contributed by atoms with Gasteiger partial charge in [-0.05, 0) is 37.8 Å². The van der Waals surface area contributed by atoms with Crippen LogP contribution in [0.15, 0.2) is 29.2 Å². The summed E-state index contributed by atoms with van der Waals surface area (Å²) in [5, 5.41) is 12.9. The van der Waals surface area contributed by atoms with E-state index in [0.29, 0.717) is 17.8 Å². The van der Waals surface area contributed by atoms with Gasteiger partial charge in [-0.1, -0.05) is 25.0 Å². The largest absolute Gasteiger partial charge is 0.395 e. The molecule has 4 nitrogen and oxygen atoms in total. The molecule has 0 atom stereocenters. The number of carbonyl (C=O) groups is 1.